The third kappa shape index (κ3) is 5.47. The van der Waals surface area contributed by atoms with E-state index in [2.05, 4.69) is 22.4 Å². The first-order valence-electron chi connectivity index (χ1n) is 8.61. The number of likely N-dealkylation sites (tertiary alicyclic amines) is 1. The van der Waals surface area contributed by atoms with Crippen LogP contribution in [-0.2, 0) is 24.1 Å². The van der Waals surface area contributed by atoms with Crippen molar-refractivity contribution < 1.29 is 17.9 Å². The summed E-state index contributed by atoms with van der Waals surface area (Å²) in [6.07, 6.45) is -3.61. The van der Waals surface area contributed by atoms with Crippen LogP contribution in [0.2, 0.25) is 0 Å². The molecule has 1 aliphatic rings. The Bertz CT molecular complexity index is 820. The first kappa shape index (κ1) is 19.7. The molecule has 0 bridgehead atoms. The van der Waals surface area contributed by atoms with Gasteiger partial charge in [-0.3, -0.25) is 4.90 Å². The van der Waals surface area contributed by atoms with Crippen molar-refractivity contribution in [2.24, 2.45) is 4.99 Å². The Labute approximate surface area is 161 Å². The van der Waals surface area contributed by atoms with Crippen molar-refractivity contribution >= 4 is 23.1 Å². The van der Waals surface area contributed by atoms with Crippen molar-refractivity contribution in [3.63, 3.8) is 0 Å². The molecule has 0 spiro atoms. The van der Waals surface area contributed by atoms with Crippen molar-refractivity contribution in [1.82, 2.24) is 4.90 Å². The predicted octanol–water partition coefficient (Wildman–Crippen LogP) is 5.23. The number of ether oxygens (including phenoxy) is 1. The second-order valence-corrected chi connectivity index (χ2v) is 6.67. The lowest BCUT2D eigenvalue weighted by Gasteiger charge is -2.20. The van der Waals surface area contributed by atoms with E-state index < -0.39 is 11.7 Å². The Kier molecular flexibility index (Phi) is 6.39. The van der Waals surface area contributed by atoms with Crippen molar-refractivity contribution in [2.45, 2.75) is 31.9 Å². The number of hydrogen-bond donors (Lipinski definition) is 0. The lowest BCUT2D eigenvalue weighted by molar-refractivity contribution is -0.138. The van der Waals surface area contributed by atoms with Crippen LogP contribution in [-0.4, -0.2) is 29.3 Å². The second-order valence-electron chi connectivity index (χ2n) is 6.48. The van der Waals surface area contributed by atoms with Gasteiger partial charge in [0.05, 0.1) is 29.1 Å². The molecular formula is C20H19F3N2OS. The van der Waals surface area contributed by atoms with Gasteiger partial charge in [-0.05, 0) is 41.9 Å². The average Bonchev–Trinajstić information content (AvgIpc) is 3.09. The Morgan fingerprint density at radius 2 is 1.96 bits per heavy atom. The average molecular weight is 392 g/mol. The summed E-state index contributed by atoms with van der Waals surface area (Å²) in [6, 6.07) is 13.9. The van der Waals surface area contributed by atoms with Crippen molar-refractivity contribution in [2.75, 3.05) is 13.1 Å². The van der Waals surface area contributed by atoms with Crippen LogP contribution < -0.4 is 0 Å². The molecule has 3 rings (SSSR count). The van der Waals surface area contributed by atoms with Gasteiger partial charge in [-0.25, -0.2) is 0 Å². The molecule has 0 aliphatic carbocycles. The number of rotatable bonds is 6. The van der Waals surface area contributed by atoms with Crippen LogP contribution in [0, 0.1) is 0 Å². The van der Waals surface area contributed by atoms with Gasteiger partial charge in [0.2, 0.25) is 0 Å². The third-order valence-corrected chi connectivity index (χ3v) is 4.62. The van der Waals surface area contributed by atoms with Gasteiger partial charge >= 0.3 is 6.18 Å². The molecule has 1 saturated heterocycles. The molecule has 1 aliphatic heterocycles. The minimum atomic E-state index is -4.44. The maximum absolute atomic E-state index is 13.4. The van der Waals surface area contributed by atoms with Crippen LogP contribution in [0.5, 0.6) is 0 Å². The Morgan fingerprint density at radius 3 is 2.67 bits per heavy atom. The Morgan fingerprint density at radius 1 is 1.19 bits per heavy atom. The molecule has 1 fully saturated rings. The van der Waals surface area contributed by atoms with Gasteiger partial charge in [-0.15, -0.1) is 0 Å². The number of halogens is 3. The van der Waals surface area contributed by atoms with Crippen LogP contribution >= 0.6 is 12.2 Å². The molecule has 2 aromatic rings. The minimum absolute atomic E-state index is 0.0261. The molecule has 0 unspecified atom stereocenters. The number of nitrogens with zero attached hydrogens (tertiary/aromatic N) is 2. The number of benzene rings is 2. The predicted molar refractivity (Wildman–Crippen MR) is 101 cm³/mol. The van der Waals surface area contributed by atoms with E-state index in [0.29, 0.717) is 19.7 Å². The smallest absolute Gasteiger partial charge is 0.372 e. The summed E-state index contributed by atoms with van der Waals surface area (Å²) in [7, 11) is 0. The quantitative estimate of drug-likeness (QED) is 0.497. The summed E-state index contributed by atoms with van der Waals surface area (Å²) in [5.41, 5.74) is 0.800. The standard InChI is InChI=1S/C20H19F3N2OS/c21-20(22,23)19-10-17(24-14-27)7-6-16(19)11-25-9-8-18(12-25)26-13-15-4-2-1-3-5-15/h1-7,10,18H,8-9,11-13H2/t18-/m1/s1. The van der Waals surface area contributed by atoms with Crippen molar-refractivity contribution in [3.05, 3.63) is 65.2 Å². The lowest BCUT2D eigenvalue weighted by Crippen LogP contribution is -2.24. The van der Waals surface area contributed by atoms with Crippen LogP contribution in [0.3, 0.4) is 0 Å². The summed E-state index contributed by atoms with van der Waals surface area (Å²) in [5.74, 6) is 0. The molecule has 0 aromatic heterocycles. The zero-order valence-corrected chi connectivity index (χ0v) is 15.4. The van der Waals surface area contributed by atoms with E-state index in [0.717, 1.165) is 18.1 Å². The Hall–Kier alpha value is -2.05. The van der Waals surface area contributed by atoms with Gasteiger partial charge in [0.25, 0.3) is 0 Å². The fraction of sp³-hybridized carbons (Fsp3) is 0.350. The van der Waals surface area contributed by atoms with E-state index in [1.165, 1.54) is 12.1 Å². The highest BCUT2D eigenvalue weighted by molar-refractivity contribution is 7.78. The molecule has 27 heavy (non-hydrogen) atoms. The number of alkyl halides is 3. The normalized spacial score (nSPS) is 17.7. The van der Waals surface area contributed by atoms with Gasteiger partial charge in [0, 0.05) is 19.6 Å². The SMILES string of the molecule is FC(F)(F)c1cc(N=C=S)ccc1CN1CC[C@@H](OCc2ccccc2)C1. The maximum atomic E-state index is 13.4. The fourth-order valence-corrected chi connectivity index (χ4v) is 3.30. The number of thiocarbonyl (C=S) groups is 1. The molecule has 1 heterocycles. The molecule has 0 amide bonds. The van der Waals surface area contributed by atoms with E-state index >= 15 is 0 Å². The highest BCUT2D eigenvalue weighted by atomic mass is 32.1. The number of aliphatic imine (C=N–C) groups is 1. The van der Waals surface area contributed by atoms with Gasteiger partial charge in [-0.2, -0.15) is 18.2 Å². The molecule has 3 nitrogen and oxygen atoms in total. The fourth-order valence-electron chi connectivity index (χ4n) is 3.19. The summed E-state index contributed by atoms with van der Waals surface area (Å²) in [5, 5.41) is 2.10. The van der Waals surface area contributed by atoms with E-state index in [9.17, 15) is 13.2 Å². The van der Waals surface area contributed by atoms with Crippen LogP contribution in [0.25, 0.3) is 0 Å². The van der Waals surface area contributed by atoms with Crippen LogP contribution in [0.4, 0.5) is 18.9 Å². The van der Waals surface area contributed by atoms with E-state index in [-0.39, 0.29) is 23.9 Å². The zero-order valence-electron chi connectivity index (χ0n) is 14.6. The van der Waals surface area contributed by atoms with E-state index in [4.69, 9.17) is 4.74 Å². The highest BCUT2D eigenvalue weighted by Gasteiger charge is 2.34. The van der Waals surface area contributed by atoms with Crippen molar-refractivity contribution in [3.8, 4) is 0 Å². The topological polar surface area (TPSA) is 24.8 Å². The van der Waals surface area contributed by atoms with Gasteiger partial charge in [-0.1, -0.05) is 36.4 Å². The number of hydrogen-bond acceptors (Lipinski definition) is 4. The summed E-state index contributed by atoms with van der Waals surface area (Å²) in [4.78, 5) is 5.64. The summed E-state index contributed by atoms with van der Waals surface area (Å²) in [6.45, 7) is 2.06. The first-order valence-corrected chi connectivity index (χ1v) is 9.02. The largest absolute Gasteiger partial charge is 0.416 e. The van der Waals surface area contributed by atoms with E-state index in [1.54, 1.807) is 0 Å². The molecule has 7 heteroatoms. The second kappa shape index (κ2) is 8.76. The monoisotopic (exact) mass is 392 g/mol. The Balaban J connectivity index is 1.63. The third-order valence-electron chi connectivity index (χ3n) is 4.53. The van der Waals surface area contributed by atoms with Crippen LogP contribution in [0.1, 0.15) is 23.1 Å². The van der Waals surface area contributed by atoms with Gasteiger partial charge < -0.3 is 4.74 Å². The minimum Gasteiger partial charge on any atom is -0.372 e. The molecule has 2 aromatic carbocycles. The molecule has 0 radical (unpaired) electrons. The lowest BCUT2D eigenvalue weighted by atomic mass is 10.1. The van der Waals surface area contributed by atoms with Crippen molar-refractivity contribution in [1.29, 1.82) is 0 Å². The molecule has 0 N–H and O–H groups in total. The maximum Gasteiger partial charge on any atom is 0.416 e. The van der Waals surface area contributed by atoms with Crippen LogP contribution in [0.15, 0.2) is 53.5 Å². The zero-order chi connectivity index (χ0) is 19.3. The van der Waals surface area contributed by atoms with Gasteiger partial charge in [0.15, 0.2) is 0 Å². The van der Waals surface area contributed by atoms with Gasteiger partial charge in [0.1, 0.15) is 0 Å². The summed E-state index contributed by atoms with van der Waals surface area (Å²) >= 11 is 4.47. The molecule has 0 saturated carbocycles. The molecule has 1 atom stereocenters. The highest BCUT2D eigenvalue weighted by Crippen LogP contribution is 2.35. The van der Waals surface area contributed by atoms with E-state index in [1.807, 2.05) is 35.2 Å². The number of isothiocyanates is 1. The summed E-state index contributed by atoms with van der Waals surface area (Å²) < 4.78 is 46.1. The molecular weight excluding hydrogens is 373 g/mol. The molecule has 142 valence electrons. The first-order chi connectivity index (χ1) is 13.0.